The number of likely N-dealkylation sites (tertiary alicyclic amines) is 1. The number of nitrogens with one attached hydrogen (secondary N) is 1. The van der Waals surface area contributed by atoms with Crippen molar-refractivity contribution in [3.8, 4) is 5.88 Å². The SMILES string of the molecule is C=C(C)[C@@H]1CC[C@]2(NCCN3CCCCC3)CC[C@]3(C)[C@H](CC[C@@H]4[C@@]5(C)CC=C(C6=CCC(COc7cnnn7C(C)C)(C(=O)OCC)CC6)C(C)(C)[C@@H]5CC[C@]43C)[C@@H]12. The van der Waals surface area contributed by atoms with Crippen molar-refractivity contribution >= 4 is 5.97 Å². The van der Waals surface area contributed by atoms with Crippen LogP contribution in [0.5, 0.6) is 5.88 Å². The summed E-state index contributed by atoms with van der Waals surface area (Å²) >= 11 is 0. The molecule has 5 fully saturated rings. The lowest BCUT2D eigenvalue weighted by atomic mass is 9.33. The van der Waals surface area contributed by atoms with Gasteiger partial charge in [-0.25, -0.2) is 4.68 Å². The van der Waals surface area contributed by atoms with E-state index in [1.54, 1.807) is 10.9 Å². The second kappa shape index (κ2) is 16.0. The standard InChI is InChI=1S/C51H81N5O3/c1-11-58-45(57)50(34-59-43-33-53-54-56(43)36(4)5)24-17-37(18-25-50)39-20-22-47(8)41(46(39,6)7)21-23-49(10)42(47)16-15-40-44-38(35(2)3)19-26-51(44,28-27-48(40,49)9)52-29-32-55-30-13-12-14-31-55/h17,20,33,36,38,40-42,44,52H,2,11-16,18-19,21-32,34H2,1,3-10H3/t38-,40+,41-,42+,44+,47-,48+,49+,50?,51-/m0/s1. The van der Waals surface area contributed by atoms with Gasteiger partial charge in [0.15, 0.2) is 0 Å². The minimum Gasteiger partial charge on any atom is -0.475 e. The second-order valence-corrected chi connectivity index (χ2v) is 22.5. The van der Waals surface area contributed by atoms with Crippen LogP contribution in [-0.2, 0) is 9.53 Å². The lowest BCUT2D eigenvalue weighted by Crippen LogP contribution is -2.68. The van der Waals surface area contributed by atoms with Gasteiger partial charge >= 0.3 is 5.97 Å². The van der Waals surface area contributed by atoms with Crippen LogP contribution in [0.1, 0.15) is 165 Å². The van der Waals surface area contributed by atoms with E-state index in [1.807, 2.05) is 6.92 Å². The Balaban J connectivity index is 1.02. The van der Waals surface area contributed by atoms with Gasteiger partial charge in [-0.2, -0.15) is 0 Å². The molecule has 4 saturated carbocycles. The van der Waals surface area contributed by atoms with Crippen LogP contribution in [0.3, 0.4) is 0 Å². The van der Waals surface area contributed by atoms with Gasteiger partial charge in [0.2, 0.25) is 5.88 Å². The number of esters is 1. The molecule has 7 aliphatic rings. The molecule has 6 aliphatic carbocycles. The Bertz CT molecular complexity index is 1790. The first-order valence-corrected chi connectivity index (χ1v) is 24.3. The zero-order valence-corrected chi connectivity index (χ0v) is 38.8. The Morgan fingerprint density at radius 1 is 0.932 bits per heavy atom. The molecule has 59 heavy (non-hydrogen) atoms. The van der Waals surface area contributed by atoms with E-state index < -0.39 is 5.41 Å². The van der Waals surface area contributed by atoms with Gasteiger partial charge in [-0.15, -0.1) is 5.10 Å². The second-order valence-electron chi connectivity index (χ2n) is 22.5. The molecule has 8 nitrogen and oxygen atoms in total. The van der Waals surface area contributed by atoms with Crippen molar-refractivity contribution in [3.63, 3.8) is 0 Å². The van der Waals surface area contributed by atoms with Crippen molar-refractivity contribution in [3.05, 3.63) is 41.6 Å². The van der Waals surface area contributed by atoms with Crippen LogP contribution in [0.25, 0.3) is 0 Å². The third kappa shape index (κ3) is 7.03. The molecule has 1 N–H and O–H groups in total. The fraction of sp³-hybridized carbons (Fsp3) is 0.824. The first kappa shape index (κ1) is 43.2. The normalized spacial score (nSPS) is 40.5. The molecule has 0 spiro atoms. The van der Waals surface area contributed by atoms with Crippen LogP contribution in [0.2, 0.25) is 0 Å². The predicted molar refractivity (Wildman–Crippen MR) is 238 cm³/mol. The number of piperidine rings is 1. The fourth-order valence-electron chi connectivity index (χ4n) is 16.0. The van der Waals surface area contributed by atoms with Crippen LogP contribution in [0, 0.1) is 56.7 Å². The summed E-state index contributed by atoms with van der Waals surface area (Å²) in [6, 6.07) is 0.121. The molecule has 10 atom stereocenters. The molecule has 0 radical (unpaired) electrons. The number of carbonyl (C=O) groups excluding carboxylic acids is 1. The molecular weight excluding hydrogens is 731 g/mol. The molecule has 1 aliphatic heterocycles. The van der Waals surface area contributed by atoms with E-state index >= 15 is 0 Å². The van der Waals surface area contributed by atoms with E-state index in [0.29, 0.717) is 47.5 Å². The molecule has 328 valence electrons. The van der Waals surface area contributed by atoms with Gasteiger partial charge in [0.25, 0.3) is 0 Å². The van der Waals surface area contributed by atoms with Gasteiger partial charge in [0.1, 0.15) is 18.2 Å². The Morgan fingerprint density at radius 2 is 1.71 bits per heavy atom. The average Bonchev–Trinajstić information content (AvgIpc) is 3.84. The van der Waals surface area contributed by atoms with E-state index in [1.165, 1.54) is 107 Å². The van der Waals surface area contributed by atoms with Crippen molar-refractivity contribution in [2.24, 2.45) is 56.7 Å². The number of allylic oxidation sites excluding steroid dienone is 5. The van der Waals surface area contributed by atoms with Crippen LogP contribution in [-0.4, -0.2) is 70.8 Å². The van der Waals surface area contributed by atoms with Gasteiger partial charge in [-0.1, -0.05) is 70.6 Å². The Kier molecular flexibility index (Phi) is 11.7. The number of aromatic nitrogens is 3. The number of hydrogen-bond donors (Lipinski definition) is 1. The zero-order valence-electron chi connectivity index (χ0n) is 38.8. The van der Waals surface area contributed by atoms with Gasteiger partial charge in [0.05, 0.1) is 12.6 Å². The van der Waals surface area contributed by atoms with E-state index in [2.05, 4.69) is 94.6 Å². The summed E-state index contributed by atoms with van der Waals surface area (Å²) in [5, 5.41) is 12.7. The van der Waals surface area contributed by atoms with Crippen LogP contribution >= 0.6 is 0 Å². The molecule has 1 aromatic heterocycles. The largest absolute Gasteiger partial charge is 0.475 e. The minimum atomic E-state index is -0.719. The van der Waals surface area contributed by atoms with Crippen molar-refractivity contribution < 1.29 is 14.3 Å². The number of nitrogens with zero attached hydrogens (tertiary/aromatic N) is 4. The first-order chi connectivity index (χ1) is 28.1. The monoisotopic (exact) mass is 812 g/mol. The molecule has 1 aromatic rings. The van der Waals surface area contributed by atoms with Gasteiger partial charge in [-0.3, -0.25) is 4.79 Å². The lowest BCUT2D eigenvalue weighted by Gasteiger charge is -2.72. The molecule has 8 rings (SSSR count). The highest BCUT2D eigenvalue weighted by atomic mass is 16.5. The van der Waals surface area contributed by atoms with Gasteiger partial charge < -0.3 is 19.7 Å². The van der Waals surface area contributed by atoms with E-state index in [-0.39, 0.29) is 35.0 Å². The topological polar surface area (TPSA) is 81.5 Å². The summed E-state index contributed by atoms with van der Waals surface area (Å²) in [4.78, 5) is 16.4. The zero-order chi connectivity index (χ0) is 42.0. The van der Waals surface area contributed by atoms with Crippen LogP contribution in [0.4, 0.5) is 0 Å². The maximum absolute atomic E-state index is 13.7. The highest BCUT2D eigenvalue weighted by molar-refractivity contribution is 5.78. The summed E-state index contributed by atoms with van der Waals surface area (Å²) in [5.74, 6) is 3.91. The maximum Gasteiger partial charge on any atom is 0.315 e. The van der Waals surface area contributed by atoms with Crippen LogP contribution < -0.4 is 10.1 Å². The van der Waals surface area contributed by atoms with E-state index in [0.717, 1.165) is 37.6 Å². The maximum atomic E-state index is 13.7. The van der Waals surface area contributed by atoms with E-state index in [9.17, 15) is 4.79 Å². The molecule has 1 unspecified atom stereocenters. The van der Waals surface area contributed by atoms with Crippen molar-refractivity contribution in [2.75, 3.05) is 39.4 Å². The summed E-state index contributed by atoms with van der Waals surface area (Å²) in [6.45, 7) is 32.0. The number of fused-ring (bicyclic) bond motifs is 7. The quantitative estimate of drug-likeness (QED) is 0.166. The number of rotatable bonds is 12. The number of hydrogen-bond acceptors (Lipinski definition) is 7. The molecule has 2 heterocycles. The Hall–Kier alpha value is -2.45. The van der Waals surface area contributed by atoms with Crippen molar-refractivity contribution in [2.45, 2.75) is 170 Å². The van der Waals surface area contributed by atoms with Crippen molar-refractivity contribution in [1.29, 1.82) is 0 Å². The van der Waals surface area contributed by atoms with Crippen molar-refractivity contribution in [1.82, 2.24) is 25.2 Å². The Labute approximate surface area is 358 Å². The molecular formula is C51H81N5O3. The molecule has 8 heteroatoms. The summed E-state index contributed by atoms with van der Waals surface area (Å²) < 4.78 is 13.8. The molecule has 0 bridgehead atoms. The van der Waals surface area contributed by atoms with Gasteiger partial charge in [0, 0.05) is 18.6 Å². The average molecular weight is 812 g/mol. The number of ether oxygens (including phenoxy) is 2. The fourth-order valence-corrected chi connectivity index (χ4v) is 16.0. The smallest absolute Gasteiger partial charge is 0.315 e. The lowest BCUT2D eigenvalue weighted by molar-refractivity contribution is -0.221. The highest BCUT2D eigenvalue weighted by Gasteiger charge is 2.70. The predicted octanol–water partition coefficient (Wildman–Crippen LogP) is 10.9. The molecule has 0 amide bonds. The molecule has 0 aromatic carbocycles. The van der Waals surface area contributed by atoms with E-state index in [4.69, 9.17) is 9.47 Å². The summed E-state index contributed by atoms with van der Waals surface area (Å²) in [7, 11) is 0. The van der Waals surface area contributed by atoms with Gasteiger partial charge in [-0.05, 0) is 193 Å². The third-order valence-corrected chi connectivity index (χ3v) is 19.2. The summed E-state index contributed by atoms with van der Waals surface area (Å²) in [6.07, 6.45) is 24.9. The minimum absolute atomic E-state index is 0.0598. The third-order valence-electron chi connectivity index (χ3n) is 19.2. The molecule has 1 saturated heterocycles. The highest BCUT2D eigenvalue weighted by Crippen LogP contribution is 2.76. The summed E-state index contributed by atoms with van der Waals surface area (Å²) in [5.41, 5.74) is 4.97. The van der Waals surface area contributed by atoms with Crippen LogP contribution in [0.15, 0.2) is 41.6 Å². The first-order valence-electron chi connectivity index (χ1n) is 24.3. The Morgan fingerprint density at radius 3 is 2.41 bits per heavy atom. The number of carbonyl (C=O) groups is 1.